The Kier molecular flexibility index (Phi) is 3.66. The largest absolute Gasteiger partial charge is 0.349 e. The number of hydrogen-bond donors (Lipinski definition) is 2. The van der Waals surface area contributed by atoms with E-state index in [1.165, 1.54) is 6.07 Å². The number of rotatable bonds is 5. The molecule has 0 unspecified atom stereocenters. The Morgan fingerprint density at radius 3 is 2.94 bits per heavy atom. The van der Waals surface area contributed by atoms with Crippen molar-refractivity contribution < 1.29 is 4.39 Å². The quantitative estimate of drug-likeness (QED) is 0.754. The lowest BCUT2D eigenvalue weighted by molar-refractivity contribution is 0.587. The summed E-state index contributed by atoms with van der Waals surface area (Å²) in [7, 11) is 0. The van der Waals surface area contributed by atoms with E-state index in [0.717, 1.165) is 18.8 Å². The predicted molar refractivity (Wildman–Crippen MR) is 60.4 cm³/mol. The number of hydrogen-bond acceptors (Lipinski definition) is 2. The number of nitrogens with zero attached hydrogens (tertiary/aromatic N) is 1. The Hall–Kier alpha value is -1.68. The molecule has 4 heteroatoms. The fourth-order valence-electron chi connectivity index (χ4n) is 1.51. The molecule has 1 heterocycles. The van der Waals surface area contributed by atoms with Crippen molar-refractivity contribution in [2.45, 2.75) is 13.0 Å². The van der Waals surface area contributed by atoms with Crippen molar-refractivity contribution in [1.29, 1.82) is 0 Å². The van der Waals surface area contributed by atoms with E-state index in [4.69, 9.17) is 0 Å². The van der Waals surface area contributed by atoms with Crippen LogP contribution in [0.25, 0.3) is 0 Å². The van der Waals surface area contributed by atoms with Gasteiger partial charge in [0.15, 0.2) is 0 Å². The number of nitrogens with one attached hydrogen (secondary N) is 2. The van der Waals surface area contributed by atoms with Gasteiger partial charge in [0.1, 0.15) is 11.6 Å². The molecule has 0 atom stereocenters. The van der Waals surface area contributed by atoms with E-state index in [9.17, 15) is 4.39 Å². The van der Waals surface area contributed by atoms with E-state index in [0.29, 0.717) is 12.1 Å². The van der Waals surface area contributed by atoms with E-state index in [-0.39, 0.29) is 5.82 Å². The first-order valence-corrected chi connectivity index (χ1v) is 5.28. The molecule has 16 heavy (non-hydrogen) atoms. The highest BCUT2D eigenvalue weighted by atomic mass is 19.1. The van der Waals surface area contributed by atoms with Gasteiger partial charge in [-0.25, -0.2) is 9.37 Å². The van der Waals surface area contributed by atoms with Crippen LogP contribution in [-0.2, 0) is 13.0 Å². The van der Waals surface area contributed by atoms with Crippen LogP contribution >= 0.6 is 0 Å². The highest BCUT2D eigenvalue weighted by Crippen LogP contribution is 2.05. The number of aromatic amines is 1. The summed E-state index contributed by atoms with van der Waals surface area (Å²) in [6.45, 7) is 1.33. The molecule has 0 saturated carbocycles. The Morgan fingerprint density at radius 2 is 2.19 bits per heavy atom. The monoisotopic (exact) mass is 219 g/mol. The average molecular weight is 219 g/mol. The van der Waals surface area contributed by atoms with Crippen LogP contribution in [0.4, 0.5) is 4.39 Å². The summed E-state index contributed by atoms with van der Waals surface area (Å²) in [6.07, 6.45) is 4.35. The molecule has 0 spiro atoms. The number of halogens is 1. The zero-order chi connectivity index (χ0) is 11.2. The molecule has 0 fully saturated rings. The maximum absolute atomic E-state index is 13.2. The summed E-state index contributed by atoms with van der Waals surface area (Å²) in [6, 6.07) is 6.80. The normalized spacial score (nSPS) is 10.6. The lowest BCUT2D eigenvalue weighted by Crippen LogP contribution is -2.17. The van der Waals surface area contributed by atoms with E-state index < -0.39 is 0 Å². The molecule has 1 aromatic heterocycles. The van der Waals surface area contributed by atoms with Gasteiger partial charge in [0.25, 0.3) is 0 Å². The van der Waals surface area contributed by atoms with Gasteiger partial charge in [-0.2, -0.15) is 0 Å². The predicted octanol–water partition coefficient (Wildman–Crippen LogP) is 1.88. The van der Waals surface area contributed by atoms with Crippen LogP contribution < -0.4 is 5.32 Å². The molecule has 2 N–H and O–H groups in total. The molecule has 0 bridgehead atoms. The second-order valence-corrected chi connectivity index (χ2v) is 3.55. The van der Waals surface area contributed by atoms with Crippen molar-refractivity contribution in [3.63, 3.8) is 0 Å². The second kappa shape index (κ2) is 5.42. The molecule has 84 valence electrons. The van der Waals surface area contributed by atoms with Crippen LogP contribution in [-0.4, -0.2) is 16.5 Å². The third kappa shape index (κ3) is 2.90. The minimum atomic E-state index is -0.159. The van der Waals surface area contributed by atoms with Crippen LogP contribution in [0.3, 0.4) is 0 Å². The molecule has 0 aliphatic rings. The maximum atomic E-state index is 13.2. The van der Waals surface area contributed by atoms with Gasteiger partial charge in [-0.3, -0.25) is 0 Å². The van der Waals surface area contributed by atoms with Crippen LogP contribution in [0.5, 0.6) is 0 Å². The minimum absolute atomic E-state index is 0.159. The molecule has 0 aliphatic carbocycles. The van der Waals surface area contributed by atoms with Gasteiger partial charge in [-0.05, 0) is 6.07 Å². The molecule has 0 saturated heterocycles. The topological polar surface area (TPSA) is 40.7 Å². The van der Waals surface area contributed by atoms with Crippen molar-refractivity contribution >= 4 is 0 Å². The van der Waals surface area contributed by atoms with Gasteiger partial charge in [0, 0.05) is 37.5 Å². The lowest BCUT2D eigenvalue weighted by atomic mass is 10.2. The SMILES string of the molecule is Fc1ccccc1CNCCc1ncc[nH]1. The third-order valence-corrected chi connectivity index (χ3v) is 2.37. The van der Waals surface area contributed by atoms with Crippen LogP contribution in [0, 0.1) is 5.82 Å². The third-order valence-electron chi connectivity index (χ3n) is 2.37. The Labute approximate surface area is 93.7 Å². The van der Waals surface area contributed by atoms with E-state index in [1.807, 2.05) is 6.07 Å². The van der Waals surface area contributed by atoms with Gasteiger partial charge >= 0.3 is 0 Å². The summed E-state index contributed by atoms with van der Waals surface area (Å²) in [5, 5.41) is 3.18. The number of H-pyrrole nitrogens is 1. The van der Waals surface area contributed by atoms with Gasteiger partial charge in [0.05, 0.1) is 0 Å². The first-order chi connectivity index (χ1) is 7.86. The van der Waals surface area contributed by atoms with E-state index in [2.05, 4.69) is 15.3 Å². The van der Waals surface area contributed by atoms with Crippen molar-refractivity contribution in [3.05, 3.63) is 53.9 Å². The summed E-state index contributed by atoms with van der Waals surface area (Å²) in [5.74, 6) is 0.786. The summed E-state index contributed by atoms with van der Waals surface area (Å²) in [4.78, 5) is 7.13. The van der Waals surface area contributed by atoms with Gasteiger partial charge < -0.3 is 10.3 Å². The van der Waals surface area contributed by atoms with E-state index >= 15 is 0 Å². The van der Waals surface area contributed by atoms with E-state index in [1.54, 1.807) is 24.5 Å². The zero-order valence-corrected chi connectivity index (χ0v) is 8.91. The summed E-state index contributed by atoms with van der Waals surface area (Å²) < 4.78 is 13.2. The highest BCUT2D eigenvalue weighted by molar-refractivity contribution is 5.16. The fraction of sp³-hybridized carbons (Fsp3) is 0.250. The lowest BCUT2D eigenvalue weighted by Gasteiger charge is -2.04. The molecule has 2 aromatic rings. The standard InChI is InChI=1S/C12H14FN3/c13-11-4-2-1-3-10(11)9-14-6-5-12-15-7-8-16-12/h1-4,7-8,14H,5-6,9H2,(H,15,16). The molecular formula is C12H14FN3. The second-order valence-electron chi connectivity index (χ2n) is 3.55. The Morgan fingerprint density at radius 1 is 1.31 bits per heavy atom. The number of imidazole rings is 1. The van der Waals surface area contributed by atoms with Gasteiger partial charge in [-0.1, -0.05) is 18.2 Å². The molecule has 1 aromatic carbocycles. The molecule has 3 nitrogen and oxygen atoms in total. The Bertz CT molecular complexity index is 426. The number of benzene rings is 1. The summed E-state index contributed by atoms with van der Waals surface area (Å²) >= 11 is 0. The fourth-order valence-corrected chi connectivity index (χ4v) is 1.51. The first-order valence-electron chi connectivity index (χ1n) is 5.28. The maximum Gasteiger partial charge on any atom is 0.127 e. The highest BCUT2D eigenvalue weighted by Gasteiger charge is 1.99. The zero-order valence-electron chi connectivity index (χ0n) is 8.91. The van der Waals surface area contributed by atoms with Crippen LogP contribution in [0.2, 0.25) is 0 Å². The molecular weight excluding hydrogens is 205 g/mol. The van der Waals surface area contributed by atoms with Gasteiger partial charge in [-0.15, -0.1) is 0 Å². The van der Waals surface area contributed by atoms with Crippen LogP contribution in [0.1, 0.15) is 11.4 Å². The minimum Gasteiger partial charge on any atom is -0.349 e. The molecule has 0 radical (unpaired) electrons. The van der Waals surface area contributed by atoms with Crippen LogP contribution in [0.15, 0.2) is 36.7 Å². The summed E-state index contributed by atoms with van der Waals surface area (Å²) in [5.41, 5.74) is 0.696. The molecule has 2 rings (SSSR count). The Balaban J connectivity index is 1.74. The molecule has 0 aliphatic heterocycles. The van der Waals surface area contributed by atoms with Crippen molar-refractivity contribution in [1.82, 2.24) is 15.3 Å². The van der Waals surface area contributed by atoms with Gasteiger partial charge in [0.2, 0.25) is 0 Å². The van der Waals surface area contributed by atoms with Crippen molar-refractivity contribution in [3.8, 4) is 0 Å². The first kappa shape index (κ1) is 10.8. The smallest absolute Gasteiger partial charge is 0.127 e. The molecule has 0 amide bonds. The van der Waals surface area contributed by atoms with Crippen molar-refractivity contribution in [2.75, 3.05) is 6.54 Å². The number of aromatic nitrogens is 2. The van der Waals surface area contributed by atoms with Crippen molar-refractivity contribution in [2.24, 2.45) is 0 Å². The average Bonchev–Trinajstić information content (AvgIpc) is 2.79.